The molecule has 0 N–H and O–H groups in total. The van der Waals surface area contributed by atoms with Crippen molar-refractivity contribution >= 4 is 0 Å². The first-order valence-electron chi connectivity index (χ1n) is 6.20. The fraction of sp³-hybridized carbons (Fsp3) is 0.857. The van der Waals surface area contributed by atoms with Gasteiger partial charge in [-0.2, -0.15) is 0 Å². The molecule has 0 amide bonds. The van der Waals surface area contributed by atoms with E-state index in [4.69, 9.17) is 0 Å². The highest BCUT2D eigenvalue weighted by molar-refractivity contribution is 4.87. The molecule has 15 heavy (non-hydrogen) atoms. The molecular formula is C14H29N. The molecule has 0 bridgehead atoms. The number of hydrogen-bond donors (Lipinski definition) is 0. The summed E-state index contributed by atoms with van der Waals surface area (Å²) in [6.07, 6.45) is 4.51. The molecule has 0 saturated heterocycles. The Balaban J connectivity index is 4.32. The van der Waals surface area contributed by atoms with Crippen LogP contribution in [0.25, 0.3) is 0 Å². The third-order valence-electron chi connectivity index (χ3n) is 3.14. The fourth-order valence-corrected chi connectivity index (χ4v) is 1.66. The molecule has 1 heteroatoms. The highest BCUT2D eigenvalue weighted by Gasteiger charge is 2.19. The average molecular weight is 211 g/mol. The van der Waals surface area contributed by atoms with Crippen LogP contribution in [0.15, 0.2) is 12.7 Å². The van der Waals surface area contributed by atoms with Gasteiger partial charge in [-0.3, -0.25) is 4.90 Å². The molecule has 2 unspecified atom stereocenters. The summed E-state index contributed by atoms with van der Waals surface area (Å²) in [4.78, 5) is 2.55. The number of hydrogen-bond acceptors (Lipinski definition) is 1. The maximum Gasteiger partial charge on any atom is 0.0250 e. The van der Waals surface area contributed by atoms with Gasteiger partial charge in [-0.15, -0.1) is 6.58 Å². The van der Waals surface area contributed by atoms with Gasteiger partial charge in [0.25, 0.3) is 0 Å². The Morgan fingerprint density at radius 1 is 1.27 bits per heavy atom. The van der Waals surface area contributed by atoms with Crippen LogP contribution in [-0.4, -0.2) is 23.5 Å². The Labute approximate surface area is 96.6 Å². The zero-order valence-corrected chi connectivity index (χ0v) is 11.5. The van der Waals surface area contributed by atoms with Crippen LogP contribution in [0.2, 0.25) is 0 Å². The standard InChI is InChI=1S/C14H29N/c1-8-12(3)15(13(4)9-2)11-10-14(5,6)7/h8,12-13H,1,9-11H2,2-7H3. The second-order valence-electron chi connectivity index (χ2n) is 5.78. The highest BCUT2D eigenvalue weighted by Crippen LogP contribution is 2.21. The van der Waals surface area contributed by atoms with Crippen molar-refractivity contribution in [2.75, 3.05) is 6.54 Å². The van der Waals surface area contributed by atoms with Gasteiger partial charge in [0.1, 0.15) is 0 Å². The molecule has 0 radical (unpaired) electrons. The topological polar surface area (TPSA) is 3.24 Å². The molecule has 0 aromatic carbocycles. The van der Waals surface area contributed by atoms with Crippen molar-refractivity contribution in [1.29, 1.82) is 0 Å². The maximum atomic E-state index is 3.90. The van der Waals surface area contributed by atoms with Gasteiger partial charge >= 0.3 is 0 Å². The van der Waals surface area contributed by atoms with Crippen molar-refractivity contribution in [3.05, 3.63) is 12.7 Å². The van der Waals surface area contributed by atoms with Gasteiger partial charge in [0.15, 0.2) is 0 Å². The summed E-state index contributed by atoms with van der Waals surface area (Å²) in [5.41, 5.74) is 0.423. The SMILES string of the molecule is C=CC(C)N(CCC(C)(C)C)C(C)CC. The molecule has 0 rings (SSSR count). The molecule has 90 valence electrons. The molecule has 0 heterocycles. The van der Waals surface area contributed by atoms with Gasteiger partial charge in [0.2, 0.25) is 0 Å². The lowest BCUT2D eigenvalue weighted by atomic mass is 9.91. The number of rotatable bonds is 6. The summed E-state index contributed by atoms with van der Waals surface area (Å²) in [5.74, 6) is 0. The van der Waals surface area contributed by atoms with Crippen LogP contribution in [-0.2, 0) is 0 Å². The zero-order valence-electron chi connectivity index (χ0n) is 11.5. The van der Waals surface area contributed by atoms with E-state index >= 15 is 0 Å². The van der Waals surface area contributed by atoms with Crippen molar-refractivity contribution in [3.63, 3.8) is 0 Å². The van der Waals surface area contributed by atoms with Crippen molar-refractivity contribution in [2.45, 2.75) is 66.5 Å². The lowest BCUT2D eigenvalue weighted by molar-refractivity contribution is 0.152. The third kappa shape index (κ3) is 5.99. The van der Waals surface area contributed by atoms with Crippen LogP contribution >= 0.6 is 0 Å². The van der Waals surface area contributed by atoms with Crippen LogP contribution < -0.4 is 0 Å². The monoisotopic (exact) mass is 211 g/mol. The molecule has 0 spiro atoms. The molecule has 1 nitrogen and oxygen atoms in total. The van der Waals surface area contributed by atoms with Crippen molar-refractivity contribution < 1.29 is 0 Å². The van der Waals surface area contributed by atoms with E-state index in [2.05, 4.69) is 59.1 Å². The maximum absolute atomic E-state index is 3.90. The van der Waals surface area contributed by atoms with E-state index in [1.165, 1.54) is 19.4 Å². The van der Waals surface area contributed by atoms with E-state index in [9.17, 15) is 0 Å². The molecule has 0 saturated carbocycles. The third-order valence-corrected chi connectivity index (χ3v) is 3.14. The van der Waals surface area contributed by atoms with Crippen molar-refractivity contribution in [1.82, 2.24) is 4.90 Å². The first kappa shape index (κ1) is 14.7. The Morgan fingerprint density at radius 3 is 2.13 bits per heavy atom. The van der Waals surface area contributed by atoms with Crippen molar-refractivity contribution in [2.24, 2.45) is 5.41 Å². The minimum absolute atomic E-state index is 0.423. The average Bonchev–Trinajstić information content (AvgIpc) is 2.15. The van der Waals surface area contributed by atoms with Crippen LogP contribution in [0.1, 0.15) is 54.4 Å². The second-order valence-corrected chi connectivity index (χ2v) is 5.78. The van der Waals surface area contributed by atoms with E-state index in [1.54, 1.807) is 0 Å². The predicted molar refractivity (Wildman–Crippen MR) is 70.2 cm³/mol. The largest absolute Gasteiger partial charge is 0.295 e. The Bertz CT molecular complexity index is 178. The summed E-state index contributed by atoms with van der Waals surface area (Å²) >= 11 is 0. The molecular weight excluding hydrogens is 182 g/mol. The minimum Gasteiger partial charge on any atom is -0.295 e. The van der Waals surface area contributed by atoms with Crippen LogP contribution in [0, 0.1) is 5.41 Å². The quantitative estimate of drug-likeness (QED) is 0.598. The first-order chi connectivity index (χ1) is 6.81. The van der Waals surface area contributed by atoms with Gasteiger partial charge in [0.05, 0.1) is 0 Å². The van der Waals surface area contributed by atoms with Crippen molar-refractivity contribution in [3.8, 4) is 0 Å². The first-order valence-corrected chi connectivity index (χ1v) is 6.20. The highest BCUT2D eigenvalue weighted by atomic mass is 15.2. The molecule has 0 aliphatic rings. The molecule has 2 atom stereocenters. The van der Waals surface area contributed by atoms with Gasteiger partial charge < -0.3 is 0 Å². The normalized spacial score (nSPS) is 16.5. The smallest absolute Gasteiger partial charge is 0.0250 e. The minimum atomic E-state index is 0.423. The summed E-state index contributed by atoms with van der Waals surface area (Å²) in [6.45, 7) is 18.8. The van der Waals surface area contributed by atoms with Crippen LogP contribution in [0.4, 0.5) is 0 Å². The van der Waals surface area contributed by atoms with Gasteiger partial charge in [-0.1, -0.05) is 33.8 Å². The number of nitrogens with zero attached hydrogens (tertiary/aromatic N) is 1. The molecule has 0 aromatic heterocycles. The molecule has 0 aromatic rings. The Hall–Kier alpha value is -0.300. The summed E-state index contributed by atoms with van der Waals surface area (Å²) in [5, 5.41) is 0. The lowest BCUT2D eigenvalue weighted by Crippen LogP contribution is -2.40. The van der Waals surface area contributed by atoms with E-state index in [-0.39, 0.29) is 0 Å². The van der Waals surface area contributed by atoms with Gasteiger partial charge in [0, 0.05) is 12.1 Å². The molecule has 0 fully saturated rings. The van der Waals surface area contributed by atoms with Crippen LogP contribution in [0.5, 0.6) is 0 Å². The van der Waals surface area contributed by atoms with Crippen LogP contribution in [0.3, 0.4) is 0 Å². The van der Waals surface area contributed by atoms with E-state index < -0.39 is 0 Å². The predicted octanol–water partition coefficient (Wildman–Crippen LogP) is 4.10. The van der Waals surface area contributed by atoms with Gasteiger partial charge in [-0.05, 0) is 38.6 Å². The Morgan fingerprint density at radius 2 is 1.80 bits per heavy atom. The Kier molecular flexibility index (Phi) is 6.19. The van der Waals surface area contributed by atoms with E-state index in [0.29, 0.717) is 17.5 Å². The fourth-order valence-electron chi connectivity index (χ4n) is 1.66. The summed E-state index contributed by atoms with van der Waals surface area (Å²) < 4.78 is 0. The summed E-state index contributed by atoms with van der Waals surface area (Å²) in [7, 11) is 0. The molecule has 0 aliphatic carbocycles. The van der Waals surface area contributed by atoms with E-state index in [0.717, 1.165) is 0 Å². The lowest BCUT2D eigenvalue weighted by Gasteiger charge is -2.34. The van der Waals surface area contributed by atoms with Gasteiger partial charge in [-0.25, -0.2) is 0 Å². The summed E-state index contributed by atoms with van der Waals surface area (Å²) in [6, 6.07) is 1.14. The second kappa shape index (κ2) is 6.32. The molecule has 0 aliphatic heterocycles. The zero-order chi connectivity index (χ0) is 12.1. The van der Waals surface area contributed by atoms with E-state index in [1.807, 2.05) is 0 Å².